The summed E-state index contributed by atoms with van der Waals surface area (Å²) >= 11 is 0. The average Bonchev–Trinajstić information content (AvgIpc) is 2.39. The van der Waals surface area contributed by atoms with Crippen LogP contribution >= 0.6 is 0 Å². The lowest BCUT2D eigenvalue weighted by Crippen LogP contribution is -2.07. The van der Waals surface area contributed by atoms with E-state index in [-0.39, 0.29) is 11.9 Å². The zero-order valence-electron chi connectivity index (χ0n) is 11.2. The summed E-state index contributed by atoms with van der Waals surface area (Å²) in [5.74, 6) is 0.554. The lowest BCUT2D eigenvalue weighted by atomic mass is 9.96. The highest BCUT2D eigenvalue weighted by Gasteiger charge is 2.10. The van der Waals surface area contributed by atoms with Crippen LogP contribution in [0.4, 0.5) is 4.39 Å². The molecule has 1 atom stereocenters. The van der Waals surface area contributed by atoms with E-state index in [0.29, 0.717) is 6.61 Å². The standard InChI is InChI=1S/C16H18FNO/c1-3-19-14-7-4-12(5-8-14)16-10-13(17)6-9-15(16)11(2)18/h4-11H,3,18H2,1-2H3. The minimum absolute atomic E-state index is 0.137. The molecule has 2 rings (SSSR count). The second kappa shape index (κ2) is 5.85. The molecule has 0 aliphatic heterocycles. The molecule has 0 amide bonds. The Morgan fingerprint density at radius 1 is 1.16 bits per heavy atom. The van der Waals surface area contributed by atoms with Gasteiger partial charge in [-0.05, 0) is 54.8 Å². The van der Waals surface area contributed by atoms with Crippen LogP contribution in [0.3, 0.4) is 0 Å². The summed E-state index contributed by atoms with van der Waals surface area (Å²) in [5, 5.41) is 0. The fourth-order valence-electron chi connectivity index (χ4n) is 2.07. The Labute approximate surface area is 113 Å². The van der Waals surface area contributed by atoms with Crippen LogP contribution in [0.1, 0.15) is 25.5 Å². The summed E-state index contributed by atoms with van der Waals surface area (Å²) in [6.45, 7) is 4.46. The van der Waals surface area contributed by atoms with Crippen LogP contribution < -0.4 is 10.5 Å². The average molecular weight is 259 g/mol. The van der Waals surface area contributed by atoms with Gasteiger partial charge in [-0.1, -0.05) is 18.2 Å². The van der Waals surface area contributed by atoms with Crippen molar-refractivity contribution < 1.29 is 9.13 Å². The fraction of sp³-hybridized carbons (Fsp3) is 0.250. The van der Waals surface area contributed by atoms with Crippen molar-refractivity contribution in [2.75, 3.05) is 6.61 Å². The first-order chi connectivity index (χ1) is 9.11. The van der Waals surface area contributed by atoms with Gasteiger partial charge in [-0.3, -0.25) is 0 Å². The van der Waals surface area contributed by atoms with Crippen molar-refractivity contribution in [3.05, 3.63) is 53.8 Å². The van der Waals surface area contributed by atoms with E-state index in [4.69, 9.17) is 10.5 Å². The highest BCUT2D eigenvalue weighted by molar-refractivity contribution is 5.68. The van der Waals surface area contributed by atoms with Crippen molar-refractivity contribution in [1.82, 2.24) is 0 Å². The number of benzene rings is 2. The normalized spacial score (nSPS) is 12.2. The van der Waals surface area contributed by atoms with Gasteiger partial charge in [0.25, 0.3) is 0 Å². The molecule has 0 aromatic heterocycles. The zero-order chi connectivity index (χ0) is 13.8. The van der Waals surface area contributed by atoms with Crippen molar-refractivity contribution in [2.45, 2.75) is 19.9 Å². The van der Waals surface area contributed by atoms with Gasteiger partial charge in [-0.25, -0.2) is 4.39 Å². The molecule has 0 saturated carbocycles. The predicted octanol–water partition coefficient (Wildman–Crippen LogP) is 3.91. The molecule has 100 valence electrons. The second-order valence-electron chi connectivity index (χ2n) is 4.48. The summed E-state index contributed by atoms with van der Waals surface area (Å²) in [6.07, 6.45) is 0. The van der Waals surface area contributed by atoms with E-state index in [1.807, 2.05) is 38.1 Å². The Kier molecular flexibility index (Phi) is 4.17. The van der Waals surface area contributed by atoms with Crippen LogP contribution in [-0.2, 0) is 0 Å². The van der Waals surface area contributed by atoms with E-state index in [1.54, 1.807) is 6.07 Å². The number of halogens is 1. The molecule has 2 nitrogen and oxygen atoms in total. The molecule has 2 aromatic carbocycles. The van der Waals surface area contributed by atoms with Crippen molar-refractivity contribution >= 4 is 0 Å². The molecule has 0 aliphatic rings. The summed E-state index contributed by atoms with van der Waals surface area (Å²) in [7, 11) is 0. The summed E-state index contributed by atoms with van der Waals surface area (Å²) < 4.78 is 18.8. The molecule has 19 heavy (non-hydrogen) atoms. The molecule has 0 aliphatic carbocycles. The SMILES string of the molecule is CCOc1ccc(-c2cc(F)ccc2C(C)N)cc1. The minimum atomic E-state index is -0.256. The van der Waals surface area contributed by atoms with Crippen molar-refractivity contribution in [1.29, 1.82) is 0 Å². The van der Waals surface area contributed by atoms with Crippen LogP contribution in [0.5, 0.6) is 5.75 Å². The predicted molar refractivity (Wildman–Crippen MR) is 75.6 cm³/mol. The number of nitrogens with two attached hydrogens (primary N) is 1. The maximum atomic E-state index is 13.4. The van der Waals surface area contributed by atoms with Crippen LogP contribution in [0.25, 0.3) is 11.1 Å². The molecule has 1 unspecified atom stereocenters. The van der Waals surface area contributed by atoms with Crippen molar-refractivity contribution in [3.63, 3.8) is 0 Å². The van der Waals surface area contributed by atoms with Crippen LogP contribution in [0.2, 0.25) is 0 Å². The van der Waals surface area contributed by atoms with E-state index in [9.17, 15) is 4.39 Å². The third-order valence-electron chi connectivity index (χ3n) is 2.98. The molecule has 0 bridgehead atoms. The molecule has 0 heterocycles. The molecule has 0 radical (unpaired) electrons. The smallest absolute Gasteiger partial charge is 0.123 e. The van der Waals surface area contributed by atoms with Gasteiger partial charge < -0.3 is 10.5 Å². The summed E-state index contributed by atoms with van der Waals surface area (Å²) in [5.41, 5.74) is 8.64. The number of hydrogen-bond donors (Lipinski definition) is 1. The van der Waals surface area contributed by atoms with Crippen LogP contribution in [0.15, 0.2) is 42.5 Å². The summed E-state index contributed by atoms with van der Waals surface area (Å²) in [4.78, 5) is 0. The molecular formula is C16H18FNO. The third-order valence-corrected chi connectivity index (χ3v) is 2.98. The number of ether oxygens (including phenoxy) is 1. The lowest BCUT2D eigenvalue weighted by Gasteiger charge is -2.13. The van der Waals surface area contributed by atoms with Gasteiger partial charge in [0.2, 0.25) is 0 Å². The molecule has 0 fully saturated rings. The molecular weight excluding hydrogens is 241 g/mol. The number of hydrogen-bond acceptors (Lipinski definition) is 2. The van der Waals surface area contributed by atoms with E-state index in [1.165, 1.54) is 12.1 Å². The quantitative estimate of drug-likeness (QED) is 0.903. The second-order valence-corrected chi connectivity index (χ2v) is 4.48. The maximum absolute atomic E-state index is 13.4. The highest BCUT2D eigenvalue weighted by atomic mass is 19.1. The van der Waals surface area contributed by atoms with Crippen molar-refractivity contribution in [2.24, 2.45) is 5.73 Å². The first-order valence-corrected chi connectivity index (χ1v) is 6.40. The Bertz CT molecular complexity index is 549. The van der Waals surface area contributed by atoms with Gasteiger partial charge in [0.05, 0.1) is 6.61 Å². The van der Waals surface area contributed by atoms with Gasteiger partial charge in [0.1, 0.15) is 11.6 Å². The Morgan fingerprint density at radius 2 is 1.84 bits per heavy atom. The Hall–Kier alpha value is -1.87. The summed E-state index contributed by atoms with van der Waals surface area (Å²) in [6, 6.07) is 12.2. The van der Waals surface area contributed by atoms with Gasteiger partial charge in [0.15, 0.2) is 0 Å². The van der Waals surface area contributed by atoms with Gasteiger partial charge in [-0.15, -0.1) is 0 Å². The lowest BCUT2D eigenvalue weighted by molar-refractivity contribution is 0.340. The van der Waals surface area contributed by atoms with Gasteiger partial charge >= 0.3 is 0 Å². The third kappa shape index (κ3) is 3.12. The molecule has 3 heteroatoms. The van der Waals surface area contributed by atoms with E-state index >= 15 is 0 Å². The van der Waals surface area contributed by atoms with Crippen LogP contribution in [0, 0.1) is 5.82 Å². The molecule has 0 spiro atoms. The maximum Gasteiger partial charge on any atom is 0.123 e. The Balaban J connectivity index is 2.42. The molecule has 0 saturated heterocycles. The largest absolute Gasteiger partial charge is 0.494 e. The van der Waals surface area contributed by atoms with E-state index in [0.717, 1.165) is 22.4 Å². The highest BCUT2D eigenvalue weighted by Crippen LogP contribution is 2.29. The monoisotopic (exact) mass is 259 g/mol. The Morgan fingerprint density at radius 3 is 2.42 bits per heavy atom. The van der Waals surface area contributed by atoms with Gasteiger partial charge in [-0.2, -0.15) is 0 Å². The van der Waals surface area contributed by atoms with Gasteiger partial charge in [0, 0.05) is 6.04 Å². The van der Waals surface area contributed by atoms with E-state index < -0.39 is 0 Å². The first kappa shape index (κ1) is 13.6. The zero-order valence-corrected chi connectivity index (χ0v) is 11.2. The fourth-order valence-corrected chi connectivity index (χ4v) is 2.07. The molecule has 2 aromatic rings. The first-order valence-electron chi connectivity index (χ1n) is 6.40. The minimum Gasteiger partial charge on any atom is -0.494 e. The van der Waals surface area contributed by atoms with Crippen LogP contribution in [-0.4, -0.2) is 6.61 Å². The topological polar surface area (TPSA) is 35.2 Å². The number of rotatable bonds is 4. The van der Waals surface area contributed by atoms with Crippen molar-refractivity contribution in [3.8, 4) is 16.9 Å². The van der Waals surface area contributed by atoms with E-state index in [2.05, 4.69) is 0 Å². The molecule has 2 N–H and O–H groups in total.